The Morgan fingerprint density at radius 2 is 2.10 bits per heavy atom. The maximum Gasteiger partial charge on any atom is 0.328 e. The van der Waals surface area contributed by atoms with Crippen molar-refractivity contribution in [2.75, 3.05) is 18.2 Å². The molecule has 21 heavy (non-hydrogen) atoms. The summed E-state index contributed by atoms with van der Waals surface area (Å²) in [5.41, 5.74) is 7.50. The van der Waals surface area contributed by atoms with Gasteiger partial charge < -0.3 is 15.8 Å². The van der Waals surface area contributed by atoms with Gasteiger partial charge in [0.25, 0.3) is 0 Å². The van der Waals surface area contributed by atoms with Gasteiger partial charge in [0.2, 0.25) is 0 Å². The van der Waals surface area contributed by atoms with Crippen LogP contribution in [0.1, 0.15) is 20.3 Å². The monoisotopic (exact) mass is 287 g/mol. The van der Waals surface area contributed by atoms with Crippen LogP contribution < -0.4 is 11.1 Å². The van der Waals surface area contributed by atoms with Crippen LogP contribution in [0.15, 0.2) is 30.6 Å². The minimum Gasteiger partial charge on any atom is -0.467 e. The Kier molecular flexibility index (Phi) is 4.62. The molecule has 0 radical (unpaired) electrons. The SMILES string of the molecule is COC(=O)C(CC(C)C)Nc1ccc(N)c2ccncc12. The van der Waals surface area contributed by atoms with Gasteiger partial charge in [-0.2, -0.15) is 0 Å². The molecular formula is C16H21N3O2. The van der Waals surface area contributed by atoms with E-state index in [9.17, 15) is 4.79 Å². The van der Waals surface area contributed by atoms with Crippen molar-refractivity contribution in [3.05, 3.63) is 30.6 Å². The summed E-state index contributed by atoms with van der Waals surface area (Å²) < 4.78 is 4.88. The molecule has 1 atom stereocenters. The van der Waals surface area contributed by atoms with Gasteiger partial charge in [0, 0.05) is 34.5 Å². The predicted octanol–water partition coefficient (Wildman–Crippen LogP) is 2.82. The zero-order valence-corrected chi connectivity index (χ0v) is 12.6. The first-order valence-electron chi connectivity index (χ1n) is 6.99. The molecule has 3 N–H and O–H groups in total. The smallest absolute Gasteiger partial charge is 0.328 e. The molecule has 0 bridgehead atoms. The van der Waals surface area contributed by atoms with E-state index in [1.165, 1.54) is 7.11 Å². The Bertz CT molecular complexity index is 640. The van der Waals surface area contributed by atoms with E-state index in [1.807, 2.05) is 18.2 Å². The molecule has 1 aromatic carbocycles. The molecule has 1 aromatic heterocycles. The lowest BCUT2D eigenvalue weighted by molar-refractivity contribution is -0.141. The minimum atomic E-state index is -0.387. The topological polar surface area (TPSA) is 77.2 Å². The maximum atomic E-state index is 11.9. The first-order valence-corrected chi connectivity index (χ1v) is 6.99. The molecule has 0 aliphatic carbocycles. The average molecular weight is 287 g/mol. The van der Waals surface area contributed by atoms with Crippen LogP contribution in [0.4, 0.5) is 11.4 Å². The van der Waals surface area contributed by atoms with Crippen LogP contribution in [0.2, 0.25) is 0 Å². The molecule has 0 aliphatic rings. The van der Waals surface area contributed by atoms with Crippen LogP contribution in [0, 0.1) is 5.92 Å². The summed E-state index contributed by atoms with van der Waals surface area (Å²) in [5.74, 6) is 0.109. The summed E-state index contributed by atoms with van der Waals surface area (Å²) >= 11 is 0. The Morgan fingerprint density at radius 1 is 1.33 bits per heavy atom. The van der Waals surface area contributed by atoms with E-state index in [-0.39, 0.29) is 12.0 Å². The highest BCUT2D eigenvalue weighted by atomic mass is 16.5. The quantitative estimate of drug-likeness (QED) is 0.653. The first kappa shape index (κ1) is 15.1. The highest BCUT2D eigenvalue weighted by Crippen LogP contribution is 2.28. The number of nitrogens with one attached hydrogen (secondary N) is 1. The van der Waals surface area contributed by atoms with Crippen LogP contribution >= 0.6 is 0 Å². The molecule has 1 heterocycles. The van der Waals surface area contributed by atoms with Gasteiger partial charge in [-0.3, -0.25) is 4.98 Å². The van der Waals surface area contributed by atoms with Crippen LogP contribution in [0.3, 0.4) is 0 Å². The summed E-state index contributed by atoms with van der Waals surface area (Å²) in [7, 11) is 1.40. The van der Waals surface area contributed by atoms with Crippen LogP contribution in [-0.4, -0.2) is 24.1 Å². The van der Waals surface area contributed by atoms with Gasteiger partial charge >= 0.3 is 5.97 Å². The minimum absolute atomic E-state index is 0.266. The lowest BCUT2D eigenvalue weighted by Crippen LogP contribution is -2.32. The van der Waals surface area contributed by atoms with Gasteiger partial charge in [0.15, 0.2) is 0 Å². The number of ether oxygens (including phenoxy) is 1. The number of hydrogen-bond donors (Lipinski definition) is 2. The lowest BCUT2D eigenvalue weighted by atomic mass is 10.0. The molecule has 5 nitrogen and oxygen atoms in total. The molecule has 0 amide bonds. The Labute approximate surface area is 124 Å². The molecule has 0 saturated carbocycles. The van der Waals surface area contributed by atoms with Crippen LogP contribution in [0.5, 0.6) is 0 Å². The number of nitrogens with two attached hydrogens (primary N) is 1. The second kappa shape index (κ2) is 6.43. The van der Waals surface area contributed by atoms with Crippen LogP contribution in [-0.2, 0) is 9.53 Å². The van der Waals surface area contributed by atoms with Crippen molar-refractivity contribution in [2.24, 2.45) is 5.92 Å². The molecule has 1 unspecified atom stereocenters. The Hall–Kier alpha value is -2.30. The highest BCUT2D eigenvalue weighted by Gasteiger charge is 2.21. The number of nitrogens with zero attached hydrogens (tertiary/aromatic N) is 1. The van der Waals surface area contributed by atoms with Crippen molar-refractivity contribution in [3.63, 3.8) is 0 Å². The van der Waals surface area contributed by atoms with Gasteiger partial charge in [-0.1, -0.05) is 13.8 Å². The van der Waals surface area contributed by atoms with E-state index in [1.54, 1.807) is 12.4 Å². The molecular weight excluding hydrogens is 266 g/mol. The molecule has 0 saturated heterocycles. The third-order valence-electron chi connectivity index (χ3n) is 3.37. The van der Waals surface area contributed by atoms with Crippen molar-refractivity contribution >= 4 is 28.1 Å². The number of hydrogen-bond acceptors (Lipinski definition) is 5. The zero-order valence-electron chi connectivity index (χ0n) is 12.6. The molecule has 0 aliphatic heterocycles. The fourth-order valence-electron chi connectivity index (χ4n) is 2.35. The first-order chi connectivity index (χ1) is 10.0. The van der Waals surface area contributed by atoms with Crippen molar-refractivity contribution in [1.29, 1.82) is 0 Å². The number of rotatable bonds is 5. The molecule has 2 aromatic rings. The van der Waals surface area contributed by atoms with Crippen LogP contribution in [0.25, 0.3) is 10.8 Å². The average Bonchev–Trinajstić information content (AvgIpc) is 2.48. The normalized spacial score (nSPS) is 12.4. The second-order valence-electron chi connectivity index (χ2n) is 5.47. The number of fused-ring (bicyclic) bond motifs is 1. The van der Waals surface area contributed by atoms with Crippen molar-refractivity contribution in [2.45, 2.75) is 26.3 Å². The number of carbonyl (C=O) groups is 1. The molecule has 112 valence electrons. The fraction of sp³-hybridized carbons (Fsp3) is 0.375. The van der Waals surface area contributed by atoms with E-state index < -0.39 is 0 Å². The third kappa shape index (κ3) is 3.42. The van der Waals surface area contributed by atoms with Gasteiger partial charge in [-0.05, 0) is 30.5 Å². The molecule has 0 fully saturated rings. The van der Waals surface area contributed by atoms with Gasteiger partial charge in [0.05, 0.1) is 7.11 Å². The number of aromatic nitrogens is 1. The fourth-order valence-corrected chi connectivity index (χ4v) is 2.35. The number of nitrogen functional groups attached to an aromatic ring is 1. The number of methoxy groups -OCH3 is 1. The summed E-state index contributed by atoms with van der Waals surface area (Å²) in [6.07, 6.45) is 4.14. The predicted molar refractivity (Wildman–Crippen MR) is 85.0 cm³/mol. The second-order valence-corrected chi connectivity index (χ2v) is 5.47. The van der Waals surface area contributed by atoms with E-state index >= 15 is 0 Å². The molecule has 2 rings (SSSR count). The Balaban J connectivity index is 2.37. The van der Waals surface area contributed by atoms with Crippen molar-refractivity contribution < 1.29 is 9.53 Å². The van der Waals surface area contributed by atoms with Gasteiger partial charge in [-0.25, -0.2) is 4.79 Å². The third-order valence-corrected chi connectivity index (χ3v) is 3.37. The van der Waals surface area contributed by atoms with E-state index in [4.69, 9.17) is 10.5 Å². The summed E-state index contributed by atoms with van der Waals surface area (Å²) in [6.45, 7) is 4.14. The molecule has 0 spiro atoms. The van der Waals surface area contributed by atoms with Crippen molar-refractivity contribution in [3.8, 4) is 0 Å². The molecule has 5 heteroatoms. The highest BCUT2D eigenvalue weighted by molar-refractivity contribution is 6.01. The standard InChI is InChI=1S/C16H21N3O2/c1-10(2)8-15(16(20)21-3)19-14-5-4-13(17)11-6-7-18-9-12(11)14/h4-7,9-10,15,19H,8,17H2,1-3H3. The summed E-state index contributed by atoms with van der Waals surface area (Å²) in [6, 6.07) is 5.18. The van der Waals surface area contributed by atoms with Gasteiger partial charge in [-0.15, -0.1) is 0 Å². The number of benzene rings is 1. The summed E-state index contributed by atoms with van der Waals surface area (Å²) in [5, 5.41) is 5.08. The number of carbonyl (C=O) groups excluding carboxylic acids is 1. The lowest BCUT2D eigenvalue weighted by Gasteiger charge is -2.20. The number of pyridine rings is 1. The number of esters is 1. The van der Waals surface area contributed by atoms with E-state index in [2.05, 4.69) is 24.1 Å². The van der Waals surface area contributed by atoms with E-state index in [0.717, 1.165) is 16.5 Å². The largest absolute Gasteiger partial charge is 0.467 e. The number of anilines is 2. The van der Waals surface area contributed by atoms with Crippen molar-refractivity contribution in [1.82, 2.24) is 4.98 Å². The van der Waals surface area contributed by atoms with E-state index in [0.29, 0.717) is 18.0 Å². The zero-order chi connectivity index (χ0) is 15.4. The summed E-state index contributed by atoms with van der Waals surface area (Å²) in [4.78, 5) is 16.1. The Morgan fingerprint density at radius 3 is 2.76 bits per heavy atom. The maximum absolute atomic E-state index is 11.9. The van der Waals surface area contributed by atoms with Gasteiger partial charge in [0.1, 0.15) is 6.04 Å².